The minimum Gasteiger partial charge on any atom is -0.353 e. The van der Waals surface area contributed by atoms with E-state index in [9.17, 15) is 4.79 Å². The summed E-state index contributed by atoms with van der Waals surface area (Å²) in [5.41, 5.74) is 5.70. The molecule has 0 aromatic carbocycles. The molecule has 0 unspecified atom stereocenters. The molecular weight excluding hydrogens is 236 g/mol. The fraction of sp³-hybridized carbons (Fsp3) is 0.938. The minimum absolute atomic E-state index is 0.244. The predicted octanol–water partition coefficient (Wildman–Crippen LogP) is 2.84. The Kier molecular flexibility index (Phi) is 5.68. The predicted molar refractivity (Wildman–Crippen MR) is 78.7 cm³/mol. The Balaban J connectivity index is 1.74. The van der Waals surface area contributed by atoms with Crippen molar-refractivity contribution in [3.8, 4) is 0 Å². The third-order valence-corrected chi connectivity index (χ3v) is 5.28. The van der Waals surface area contributed by atoms with Crippen molar-refractivity contribution in [2.45, 2.75) is 70.8 Å². The zero-order chi connectivity index (χ0) is 13.7. The fourth-order valence-electron chi connectivity index (χ4n) is 3.75. The van der Waals surface area contributed by atoms with Gasteiger partial charge in [0.25, 0.3) is 0 Å². The van der Waals surface area contributed by atoms with Gasteiger partial charge in [0, 0.05) is 12.0 Å². The third kappa shape index (κ3) is 4.20. The first-order chi connectivity index (χ1) is 9.20. The lowest BCUT2D eigenvalue weighted by molar-refractivity contribution is -0.127. The van der Waals surface area contributed by atoms with Gasteiger partial charge in [-0.25, -0.2) is 0 Å². The highest BCUT2D eigenvalue weighted by Gasteiger charge is 2.28. The molecule has 3 heteroatoms. The molecule has 0 spiro atoms. The zero-order valence-corrected chi connectivity index (χ0v) is 12.4. The van der Waals surface area contributed by atoms with Gasteiger partial charge in [-0.1, -0.05) is 19.3 Å². The van der Waals surface area contributed by atoms with E-state index in [4.69, 9.17) is 5.73 Å². The van der Waals surface area contributed by atoms with Gasteiger partial charge in [0.2, 0.25) is 5.91 Å². The Morgan fingerprint density at radius 2 is 1.74 bits per heavy atom. The molecule has 0 aliphatic heterocycles. The van der Waals surface area contributed by atoms with Gasteiger partial charge in [0.15, 0.2) is 0 Å². The number of nitrogens with one attached hydrogen (secondary N) is 1. The summed E-state index contributed by atoms with van der Waals surface area (Å²) in [5.74, 6) is 1.90. The van der Waals surface area contributed by atoms with Gasteiger partial charge in [-0.05, 0) is 63.8 Å². The monoisotopic (exact) mass is 266 g/mol. The minimum atomic E-state index is 0.244. The average Bonchev–Trinajstić information content (AvgIpc) is 2.48. The summed E-state index contributed by atoms with van der Waals surface area (Å²) in [5, 5.41) is 3.28. The van der Waals surface area contributed by atoms with Gasteiger partial charge in [-0.2, -0.15) is 0 Å². The second-order valence-electron chi connectivity index (χ2n) is 6.65. The van der Waals surface area contributed by atoms with Crippen molar-refractivity contribution in [1.29, 1.82) is 0 Å². The van der Waals surface area contributed by atoms with E-state index in [2.05, 4.69) is 12.2 Å². The van der Waals surface area contributed by atoms with Crippen molar-refractivity contribution in [2.75, 3.05) is 6.54 Å². The van der Waals surface area contributed by atoms with Crippen LogP contribution in [-0.2, 0) is 4.79 Å². The standard InChI is InChI=1S/C16H30N2O/c1-12(14-5-3-2-4-6-14)18-16(19)15-9-7-13(11-17)8-10-15/h12-15H,2-11,17H2,1H3,(H,18,19)/t12-,13?,15?/m1/s1. The van der Waals surface area contributed by atoms with Crippen LogP contribution in [0.15, 0.2) is 0 Å². The molecule has 2 rings (SSSR count). The second kappa shape index (κ2) is 7.28. The highest BCUT2D eigenvalue weighted by atomic mass is 16.1. The maximum atomic E-state index is 12.3. The van der Waals surface area contributed by atoms with Crippen LogP contribution >= 0.6 is 0 Å². The maximum Gasteiger partial charge on any atom is 0.223 e. The second-order valence-corrected chi connectivity index (χ2v) is 6.65. The highest BCUT2D eigenvalue weighted by Crippen LogP contribution is 2.30. The number of amides is 1. The molecule has 2 aliphatic rings. The van der Waals surface area contributed by atoms with Crippen molar-refractivity contribution in [2.24, 2.45) is 23.5 Å². The topological polar surface area (TPSA) is 55.1 Å². The molecule has 2 aliphatic carbocycles. The largest absolute Gasteiger partial charge is 0.353 e. The first-order valence-electron chi connectivity index (χ1n) is 8.21. The first kappa shape index (κ1) is 14.8. The van der Waals surface area contributed by atoms with Crippen LogP contribution in [0.4, 0.5) is 0 Å². The summed E-state index contributed by atoms with van der Waals surface area (Å²) >= 11 is 0. The van der Waals surface area contributed by atoms with Gasteiger partial charge >= 0.3 is 0 Å². The Morgan fingerprint density at radius 1 is 1.11 bits per heavy atom. The van der Waals surface area contributed by atoms with Crippen LogP contribution in [0.25, 0.3) is 0 Å². The Morgan fingerprint density at radius 3 is 2.32 bits per heavy atom. The van der Waals surface area contributed by atoms with Crippen molar-refractivity contribution < 1.29 is 4.79 Å². The summed E-state index contributed by atoms with van der Waals surface area (Å²) in [6.07, 6.45) is 11.0. The molecule has 2 saturated carbocycles. The molecule has 2 fully saturated rings. The lowest BCUT2D eigenvalue weighted by Crippen LogP contribution is -2.43. The number of hydrogen-bond acceptors (Lipinski definition) is 2. The van der Waals surface area contributed by atoms with Crippen LogP contribution in [0.2, 0.25) is 0 Å². The smallest absolute Gasteiger partial charge is 0.223 e. The quantitative estimate of drug-likeness (QED) is 0.822. The van der Waals surface area contributed by atoms with Crippen LogP contribution < -0.4 is 11.1 Å². The summed E-state index contributed by atoms with van der Waals surface area (Å²) in [6.45, 7) is 2.98. The number of nitrogens with two attached hydrogens (primary N) is 1. The van der Waals surface area contributed by atoms with Gasteiger partial charge in [-0.15, -0.1) is 0 Å². The number of rotatable bonds is 4. The van der Waals surface area contributed by atoms with E-state index in [-0.39, 0.29) is 5.92 Å². The van der Waals surface area contributed by atoms with E-state index >= 15 is 0 Å². The van der Waals surface area contributed by atoms with Crippen molar-refractivity contribution in [3.63, 3.8) is 0 Å². The van der Waals surface area contributed by atoms with Crippen LogP contribution in [0, 0.1) is 17.8 Å². The van der Waals surface area contributed by atoms with E-state index in [1.54, 1.807) is 0 Å². The number of carbonyl (C=O) groups excluding carboxylic acids is 1. The highest BCUT2D eigenvalue weighted by molar-refractivity contribution is 5.79. The van der Waals surface area contributed by atoms with Crippen molar-refractivity contribution in [1.82, 2.24) is 5.32 Å². The number of hydrogen-bond donors (Lipinski definition) is 2. The van der Waals surface area contributed by atoms with E-state index in [0.717, 1.165) is 32.2 Å². The van der Waals surface area contributed by atoms with E-state index < -0.39 is 0 Å². The normalized spacial score (nSPS) is 30.8. The lowest BCUT2D eigenvalue weighted by atomic mass is 9.81. The van der Waals surface area contributed by atoms with Crippen LogP contribution in [0.1, 0.15) is 64.7 Å². The molecule has 0 heterocycles. The SMILES string of the molecule is C[C@@H](NC(=O)C1CCC(CN)CC1)C1CCCCC1. The van der Waals surface area contributed by atoms with E-state index in [1.807, 2.05) is 0 Å². The third-order valence-electron chi connectivity index (χ3n) is 5.28. The Bertz CT molecular complexity index is 278. The van der Waals surface area contributed by atoms with E-state index in [1.165, 1.54) is 32.1 Å². The molecule has 0 aromatic rings. The molecule has 110 valence electrons. The molecule has 3 N–H and O–H groups in total. The summed E-state index contributed by atoms with van der Waals surface area (Å²) in [7, 11) is 0. The summed E-state index contributed by atoms with van der Waals surface area (Å²) < 4.78 is 0. The Hall–Kier alpha value is -0.570. The molecule has 19 heavy (non-hydrogen) atoms. The maximum absolute atomic E-state index is 12.3. The van der Waals surface area contributed by atoms with Crippen LogP contribution in [0.5, 0.6) is 0 Å². The molecule has 0 bridgehead atoms. The molecular formula is C16H30N2O. The number of carbonyl (C=O) groups is 1. The molecule has 0 saturated heterocycles. The van der Waals surface area contributed by atoms with E-state index in [0.29, 0.717) is 23.8 Å². The summed E-state index contributed by atoms with van der Waals surface area (Å²) in [4.78, 5) is 12.3. The molecule has 0 radical (unpaired) electrons. The molecule has 1 amide bonds. The van der Waals surface area contributed by atoms with Crippen molar-refractivity contribution in [3.05, 3.63) is 0 Å². The van der Waals surface area contributed by atoms with Crippen LogP contribution in [0.3, 0.4) is 0 Å². The molecule has 3 nitrogen and oxygen atoms in total. The lowest BCUT2D eigenvalue weighted by Gasteiger charge is -2.31. The van der Waals surface area contributed by atoms with Gasteiger partial charge in [-0.3, -0.25) is 4.79 Å². The van der Waals surface area contributed by atoms with Gasteiger partial charge < -0.3 is 11.1 Å². The van der Waals surface area contributed by atoms with Crippen LogP contribution in [-0.4, -0.2) is 18.5 Å². The molecule has 1 atom stereocenters. The summed E-state index contributed by atoms with van der Waals surface area (Å²) in [6, 6.07) is 0.361. The average molecular weight is 266 g/mol. The van der Waals surface area contributed by atoms with Gasteiger partial charge in [0.1, 0.15) is 0 Å². The zero-order valence-electron chi connectivity index (χ0n) is 12.4. The first-order valence-corrected chi connectivity index (χ1v) is 8.21. The van der Waals surface area contributed by atoms with Gasteiger partial charge in [0.05, 0.1) is 0 Å². The molecule has 0 aromatic heterocycles. The fourth-order valence-corrected chi connectivity index (χ4v) is 3.75. The van der Waals surface area contributed by atoms with Crippen molar-refractivity contribution >= 4 is 5.91 Å². The Labute approximate surface area is 117 Å².